The quantitative estimate of drug-likeness (QED) is 0.217. The molecule has 4 aliphatic carbocycles. The first-order valence-electron chi connectivity index (χ1n) is 16.1. The molecule has 0 aromatic heterocycles. The van der Waals surface area contributed by atoms with Crippen LogP contribution < -0.4 is 10.6 Å². The molecule has 9 nitrogen and oxygen atoms in total. The topological polar surface area (TPSA) is 137 Å². The Balaban J connectivity index is 1.35. The number of rotatable bonds is 10. The lowest BCUT2D eigenvalue weighted by atomic mass is 9.46. The fourth-order valence-corrected chi connectivity index (χ4v) is 8.75. The van der Waals surface area contributed by atoms with Crippen molar-refractivity contribution < 1.29 is 29.4 Å². The standard InChI is InChI=1S/C34H51N3O6/c1-8-21(5)29(31(40)41)36-30(39)28(20(3)4)35-27(38)19-43-37-23-12-15-32(6)22(18-23)10-11-24-25(32)13-16-33(7)26(24)14-17-34(33,42)9-2/h2,18,20-21,24-26,28-29,42H,8,10-17,19H2,1,3-7H3,(H,35,38)(H,36,39)(H,40,41)/b37-23-/t21-,24+,25+,26+,28-,29-,32-,33-,34+/m0/s1. The minimum absolute atomic E-state index is 0.0818. The van der Waals surface area contributed by atoms with Crippen LogP contribution >= 0.6 is 0 Å². The molecular weight excluding hydrogens is 546 g/mol. The van der Waals surface area contributed by atoms with Gasteiger partial charge in [-0.3, -0.25) is 9.59 Å². The molecule has 4 aliphatic rings. The molecule has 3 fully saturated rings. The van der Waals surface area contributed by atoms with Crippen molar-refractivity contribution in [1.29, 1.82) is 0 Å². The van der Waals surface area contributed by atoms with Crippen molar-refractivity contribution in [3.63, 3.8) is 0 Å². The molecule has 0 spiro atoms. The van der Waals surface area contributed by atoms with E-state index in [4.69, 9.17) is 11.3 Å². The Labute approximate surface area is 256 Å². The third kappa shape index (κ3) is 6.09. The van der Waals surface area contributed by atoms with Crippen LogP contribution in [0, 0.1) is 52.8 Å². The first-order chi connectivity index (χ1) is 20.2. The average molecular weight is 598 g/mol. The van der Waals surface area contributed by atoms with Crippen LogP contribution in [0.3, 0.4) is 0 Å². The molecule has 0 aliphatic heterocycles. The fraction of sp³-hybridized carbons (Fsp3) is 0.765. The van der Waals surface area contributed by atoms with E-state index in [0.717, 1.165) is 50.7 Å². The first-order valence-corrected chi connectivity index (χ1v) is 16.1. The lowest BCUT2D eigenvalue weighted by Gasteiger charge is -2.58. The lowest BCUT2D eigenvalue weighted by molar-refractivity contribution is -0.144. The second-order valence-electron chi connectivity index (χ2n) is 14.4. The van der Waals surface area contributed by atoms with Gasteiger partial charge in [-0.15, -0.1) is 6.42 Å². The Hall–Kier alpha value is -2.86. The zero-order valence-corrected chi connectivity index (χ0v) is 26.7. The number of oxime groups is 1. The van der Waals surface area contributed by atoms with E-state index in [0.29, 0.717) is 30.6 Å². The predicted octanol–water partition coefficient (Wildman–Crippen LogP) is 4.44. The van der Waals surface area contributed by atoms with Crippen molar-refractivity contribution in [2.75, 3.05) is 6.61 Å². The predicted molar refractivity (Wildman–Crippen MR) is 165 cm³/mol. The Morgan fingerprint density at radius 3 is 2.40 bits per heavy atom. The highest BCUT2D eigenvalue weighted by Crippen LogP contribution is 2.67. The van der Waals surface area contributed by atoms with E-state index in [1.807, 2.05) is 6.92 Å². The summed E-state index contributed by atoms with van der Waals surface area (Å²) in [6, 6.07) is -1.92. The van der Waals surface area contributed by atoms with E-state index in [9.17, 15) is 24.6 Å². The highest BCUT2D eigenvalue weighted by Gasteiger charge is 2.63. The summed E-state index contributed by atoms with van der Waals surface area (Å²) in [6.45, 7) is 11.5. The summed E-state index contributed by atoms with van der Waals surface area (Å²) in [7, 11) is 0. The third-order valence-corrected chi connectivity index (χ3v) is 11.8. The molecule has 9 heteroatoms. The van der Waals surface area contributed by atoms with Crippen LogP contribution in [0.4, 0.5) is 0 Å². The van der Waals surface area contributed by atoms with Crippen LogP contribution in [0.25, 0.3) is 0 Å². The van der Waals surface area contributed by atoms with Gasteiger partial charge >= 0.3 is 5.97 Å². The van der Waals surface area contributed by atoms with E-state index in [1.54, 1.807) is 20.8 Å². The van der Waals surface area contributed by atoms with Crippen LogP contribution in [0.1, 0.15) is 99.3 Å². The second-order valence-corrected chi connectivity index (χ2v) is 14.4. The van der Waals surface area contributed by atoms with Crippen molar-refractivity contribution in [3.8, 4) is 12.3 Å². The summed E-state index contributed by atoms with van der Waals surface area (Å²) in [5.74, 6) is 1.70. The molecule has 0 bridgehead atoms. The minimum Gasteiger partial charge on any atom is -0.480 e. The van der Waals surface area contributed by atoms with Gasteiger partial charge in [0.1, 0.15) is 17.7 Å². The van der Waals surface area contributed by atoms with Crippen LogP contribution in [-0.4, -0.2) is 58.0 Å². The molecule has 0 saturated heterocycles. The Morgan fingerprint density at radius 1 is 1.07 bits per heavy atom. The molecule has 2 amide bonds. The van der Waals surface area contributed by atoms with Gasteiger partial charge in [-0.2, -0.15) is 0 Å². The normalized spacial score (nSPS) is 36.2. The molecular formula is C34H51N3O6. The summed E-state index contributed by atoms with van der Waals surface area (Å²) in [5, 5.41) is 30.3. The number of fused-ring (bicyclic) bond motifs is 5. The molecule has 0 heterocycles. The Morgan fingerprint density at radius 2 is 1.77 bits per heavy atom. The number of hydrogen-bond donors (Lipinski definition) is 4. The monoisotopic (exact) mass is 597 g/mol. The van der Waals surface area contributed by atoms with E-state index in [2.05, 4.69) is 41.6 Å². The number of aliphatic hydroxyl groups is 1. The maximum Gasteiger partial charge on any atom is 0.326 e. The van der Waals surface area contributed by atoms with Crippen LogP contribution in [0.2, 0.25) is 0 Å². The van der Waals surface area contributed by atoms with Gasteiger partial charge in [0.15, 0.2) is 6.61 Å². The van der Waals surface area contributed by atoms with Crippen molar-refractivity contribution >= 4 is 23.5 Å². The van der Waals surface area contributed by atoms with E-state index < -0.39 is 35.5 Å². The Kier molecular flexibility index (Phi) is 9.71. The Bertz CT molecular complexity index is 1200. The van der Waals surface area contributed by atoms with Gasteiger partial charge < -0.3 is 25.7 Å². The highest BCUT2D eigenvalue weighted by atomic mass is 16.6. The number of nitrogens with zero attached hydrogens (tertiary/aromatic N) is 1. The molecule has 0 aromatic rings. The summed E-state index contributed by atoms with van der Waals surface area (Å²) >= 11 is 0. The molecule has 9 atom stereocenters. The van der Waals surface area contributed by atoms with Crippen LogP contribution in [0.15, 0.2) is 16.8 Å². The number of nitrogens with one attached hydrogen (secondary N) is 2. The SMILES string of the molecule is C#C[C@@]1(O)CC[C@@H]2[C@@H]3CCC4=C/C(=N\OCC(=O)N[C@H](C(=O)N[C@H](C(=O)O)[C@@H](C)CC)C(C)C)CC[C@]4(C)[C@@H]3CC[C@@]21C. The fourth-order valence-electron chi connectivity index (χ4n) is 8.75. The summed E-state index contributed by atoms with van der Waals surface area (Å²) in [6.07, 6.45) is 16.1. The summed E-state index contributed by atoms with van der Waals surface area (Å²) in [5.41, 5.74) is 1.09. The van der Waals surface area contributed by atoms with Crippen molar-refractivity contribution in [2.45, 2.75) is 117 Å². The van der Waals surface area contributed by atoms with E-state index in [-0.39, 0.29) is 29.3 Å². The molecule has 43 heavy (non-hydrogen) atoms. The van der Waals surface area contributed by atoms with Crippen LogP contribution in [-0.2, 0) is 19.2 Å². The molecule has 0 radical (unpaired) electrons. The van der Waals surface area contributed by atoms with Gasteiger partial charge in [-0.1, -0.05) is 64.6 Å². The molecule has 3 saturated carbocycles. The number of terminal acetylenes is 1. The first kappa shape index (κ1) is 33.0. The maximum absolute atomic E-state index is 12.9. The molecule has 0 unspecified atom stereocenters. The number of amides is 2. The van der Waals surface area contributed by atoms with Crippen molar-refractivity contribution in [1.82, 2.24) is 10.6 Å². The number of carbonyl (C=O) groups is 3. The zero-order valence-electron chi connectivity index (χ0n) is 26.7. The summed E-state index contributed by atoms with van der Waals surface area (Å²) in [4.78, 5) is 42.7. The van der Waals surface area contributed by atoms with Gasteiger partial charge in [0.2, 0.25) is 5.91 Å². The second kappa shape index (κ2) is 12.6. The van der Waals surface area contributed by atoms with Crippen molar-refractivity contribution in [2.24, 2.45) is 45.6 Å². The van der Waals surface area contributed by atoms with Gasteiger partial charge in [-0.25, -0.2) is 4.79 Å². The highest BCUT2D eigenvalue weighted by molar-refractivity contribution is 5.96. The van der Waals surface area contributed by atoms with Gasteiger partial charge in [0.25, 0.3) is 5.91 Å². The number of hydrogen-bond acceptors (Lipinski definition) is 6. The maximum atomic E-state index is 12.9. The van der Waals surface area contributed by atoms with E-state index in [1.165, 1.54) is 5.57 Å². The molecule has 238 valence electrons. The molecule has 4 N–H and O–H groups in total. The number of aliphatic carboxylic acids is 1. The van der Waals surface area contributed by atoms with Crippen LogP contribution in [0.5, 0.6) is 0 Å². The third-order valence-electron chi connectivity index (χ3n) is 11.8. The number of carboxylic acid groups (broad SMARTS) is 1. The smallest absolute Gasteiger partial charge is 0.326 e. The van der Waals surface area contributed by atoms with Gasteiger partial charge in [0, 0.05) is 5.41 Å². The van der Waals surface area contributed by atoms with Crippen molar-refractivity contribution in [3.05, 3.63) is 11.6 Å². The number of carbonyl (C=O) groups excluding carboxylic acids is 2. The number of allylic oxidation sites excluding steroid dienone is 2. The van der Waals surface area contributed by atoms with Gasteiger partial charge in [0.05, 0.1) is 5.71 Å². The largest absolute Gasteiger partial charge is 0.480 e. The molecule has 4 rings (SSSR count). The van der Waals surface area contributed by atoms with Gasteiger partial charge in [-0.05, 0) is 92.4 Å². The lowest BCUT2D eigenvalue weighted by Crippen LogP contribution is -2.55. The molecule has 0 aromatic carbocycles. The summed E-state index contributed by atoms with van der Waals surface area (Å²) < 4.78 is 0. The van der Waals surface area contributed by atoms with E-state index >= 15 is 0 Å². The average Bonchev–Trinajstić information content (AvgIpc) is 3.24. The number of carboxylic acids is 1. The zero-order chi connectivity index (χ0) is 31.7. The minimum atomic E-state index is -1.10.